The SMILES string of the molecule is CC(C)(C)c1nnc(NC(=O)C2CCN(S(=O)(=O)c3cccc(C(F)(F)F)c3)CC2)s1. The van der Waals surface area contributed by atoms with Crippen LogP contribution in [0.5, 0.6) is 0 Å². The lowest BCUT2D eigenvalue weighted by atomic mass is 9.97. The second kappa shape index (κ2) is 8.47. The van der Waals surface area contributed by atoms with Crippen LogP contribution in [0.25, 0.3) is 0 Å². The molecule has 31 heavy (non-hydrogen) atoms. The fourth-order valence-corrected chi connectivity index (χ4v) is 5.44. The smallest absolute Gasteiger partial charge is 0.300 e. The number of carbonyl (C=O) groups is 1. The van der Waals surface area contributed by atoms with Crippen LogP contribution < -0.4 is 5.32 Å². The van der Waals surface area contributed by atoms with Crippen molar-refractivity contribution in [2.75, 3.05) is 18.4 Å². The number of alkyl halides is 3. The molecule has 1 aromatic carbocycles. The molecule has 1 N–H and O–H groups in total. The van der Waals surface area contributed by atoms with E-state index in [1.165, 1.54) is 11.3 Å². The van der Waals surface area contributed by atoms with Crippen molar-refractivity contribution in [2.45, 2.75) is 50.1 Å². The predicted molar refractivity (Wildman–Crippen MR) is 110 cm³/mol. The van der Waals surface area contributed by atoms with E-state index in [9.17, 15) is 26.4 Å². The van der Waals surface area contributed by atoms with Gasteiger partial charge in [0.1, 0.15) is 5.01 Å². The third-order valence-corrected chi connectivity index (χ3v) is 8.08. The Morgan fingerprint density at radius 3 is 2.35 bits per heavy atom. The van der Waals surface area contributed by atoms with Gasteiger partial charge in [0.25, 0.3) is 0 Å². The van der Waals surface area contributed by atoms with Crippen LogP contribution in [0.3, 0.4) is 0 Å². The van der Waals surface area contributed by atoms with E-state index in [0.717, 1.165) is 27.5 Å². The van der Waals surface area contributed by atoms with E-state index in [0.29, 0.717) is 11.2 Å². The summed E-state index contributed by atoms with van der Waals surface area (Å²) in [4.78, 5) is 12.1. The van der Waals surface area contributed by atoms with Gasteiger partial charge in [-0.1, -0.05) is 38.2 Å². The summed E-state index contributed by atoms with van der Waals surface area (Å²) in [5.74, 6) is -0.692. The molecule has 0 unspecified atom stereocenters. The van der Waals surface area contributed by atoms with Gasteiger partial charge in [0.2, 0.25) is 21.1 Å². The minimum absolute atomic E-state index is 0.0417. The predicted octanol–water partition coefficient (Wildman–Crippen LogP) is 3.89. The molecule has 0 atom stereocenters. The van der Waals surface area contributed by atoms with E-state index < -0.39 is 32.6 Å². The molecular weight excluding hydrogens is 453 g/mol. The Morgan fingerprint density at radius 2 is 1.81 bits per heavy atom. The standard InChI is InChI=1S/C19H23F3N4O3S2/c1-18(2,3)16-24-25-17(30-16)23-15(27)12-7-9-26(10-8-12)31(28,29)14-6-4-5-13(11-14)19(20,21)22/h4-6,11-12H,7-10H2,1-3H3,(H,23,25,27). The summed E-state index contributed by atoms with van der Waals surface area (Å²) in [6.45, 7) is 6.04. The van der Waals surface area contributed by atoms with Crippen LogP contribution in [0.15, 0.2) is 29.2 Å². The molecule has 0 bridgehead atoms. The molecule has 2 heterocycles. The molecule has 170 valence electrons. The summed E-state index contributed by atoms with van der Waals surface area (Å²) in [7, 11) is -4.08. The van der Waals surface area contributed by atoms with Gasteiger partial charge in [-0.05, 0) is 31.0 Å². The molecule has 1 saturated heterocycles. The topological polar surface area (TPSA) is 92.3 Å². The first kappa shape index (κ1) is 23.6. The molecule has 12 heteroatoms. The number of halogens is 3. The third-order valence-electron chi connectivity index (χ3n) is 4.92. The van der Waals surface area contributed by atoms with E-state index >= 15 is 0 Å². The van der Waals surface area contributed by atoms with Crippen molar-refractivity contribution in [1.29, 1.82) is 0 Å². The summed E-state index contributed by atoms with van der Waals surface area (Å²) < 4.78 is 65.4. The maximum atomic E-state index is 12.9. The number of carbonyl (C=O) groups excluding carboxylic acids is 1. The number of sulfonamides is 1. The van der Waals surface area contributed by atoms with Crippen molar-refractivity contribution >= 4 is 32.4 Å². The highest BCUT2D eigenvalue weighted by molar-refractivity contribution is 7.89. The Labute approximate surface area is 182 Å². The first-order chi connectivity index (χ1) is 14.3. The molecule has 0 saturated carbocycles. The molecule has 0 aliphatic carbocycles. The quantitative estimate of drug-likeness (QED) is 0.723. The number of nitrogens with one attached hydrogen (secondary N) is 1. The maximum Gasteiger partial charge on any atom is 0.416 e. The zero-order valence-corrected chi connectivity index (χ0v) is 18.9. The van der Waals surface area contributed by atoms with Gasteiger partial charge in [-0.3, -0.25) is 4.79 Å². The van der Waals surface area contributed by atoms with E-state index in [-0.39, 0.29) is 37.3 Å². The van der Waals surface area contributed by atoms with Crippen LogP contribution in [0.2, 0.25) is 0 Å². The first-order valence-corrected chi connectivity index (χ1v) is 11.9. The Balaban J connectivity index is 1.63. The van der Waals surface area contributed by atoms with Crippen LogP contribution in [0, 0.1) is 5.92 Å². The number of piperidine rings is 1. The van der Waals surface area contributed by atoms with Gasteiger partial charge in [0, 0.05) is 24.4 Å². The molecule has 1 aliphatic rings. The number of amides is 1. The normalized spacial score (nSPS) is 17.0. The van der Waals surface area contributed by atoms with Crippen LogP contribution >= 0.6 is 11.3 Å². The number of nitrogens with zero attached hydrogens (tertiary/aromatic N) is 3. The first-order valence-electron chi connectivity index (χ1n) is 9.61. The van der Waals surface area contributed by atoms with Crippen LogP contribution in [0.4, 0.5) is 18.3 Å². The minimum Gasteiger partial charge on any atom is -0.300 e. The highest BCUT2D eigenvalue weighted by Gasteiger charge is 2.35. The maximum absolute atomic E-state index is 12.9. The van der Waals surface area contributed by atoms with E-state index in [4.69, 9.17) is 0 Å². The van der Waals surface area contributed by atoms with Gasteiger partial charge in [-0.15, -0.1) is 10.2 Å². The van der Waals surface area contributed by atoms with Gasteiger partial charge in [0.05, 0.1) is 10.5 Å². The lowest BCUT2D eigenvalue weighted by Gasteiger charge is -2.30. The van der Waals surface area contributed by atoms with Crippen LogP contribution in [-0.4, -0.2) is 41.9 Å². The molecule has 3 rings (SSSR count). The fraction of sp³-hybridized carbons (Fsp3) is 0.526. The zero-order chi connectivity index (χ0) is 23.0. The summed E-state index contributed by atoms with van der Waals surface area (Å²) in [6, 6.07) is 3.68. The van der Waals surface area contributed by atoms with Crippen molar-refractivity contribution in [2.24, 2.45) is 5.92 Å². The zero-order valence-electron chi connectivity index (χ0n) is 17.2. The fourth-order valence-electron chi connectivity index (χ4n) is 3.12. The number of rotatable bonds is 4. The van der Waals surface area contributed by atoms with Crippen molar-refractivity contribution < 1.29 is 26.4 Å². The van der Waals surface area contributed by atoms with E-state index in [1.807, 2.05) is 20.8 Å². The molecule has 1 aromatic heterocycles. The molecule has 0 spiro atoms. The van der Waals surface area contributed by atoms with Crippen molar-refractivity contribution in [3.63, 3.8) is 0 Å². The van der Waals surface area contributed by atoms with Gasteiger partial charge in [0.15, 0.2) is 0 Å². The van der Waals surface area contributed by atoms with Crippen LogP contribution in [0.1, 0.15) is 44.2 Å². The largest absolute Gasteiger partial charge is 0.416 e. The molecule has 1 amide bonds. The van der Waals surface area contributed by atoms with Gasteiger partial charge < -0.3 is 5.32 Å². The average molecular weight is 477 g/mol. The Morgan fingerprint density at radius 1 is 1.16 bits per heavy atom. The monoisotopic (exact) mass is 476 g/mol. The second-order valence-corrected chi connectivity index (χ2v) is 11.3. The number of hydrogen-bond donors (Lipinski definition) is 1. The van der Waals surface area contributed by atoms with E-state index in [2.05, 4.69) is 15.5 Å². The number of aromatic nitrogens is 2. The molecule has 7 nitrogen and oxygen atoms in total. The molecule has 1 fully saturated rings. The highest BCUT2D eigenvalue weighted by Crippen LogP contribution is 2.32. The summed E-state index contributed by atoms with van der Waals surface area (Å²) in [5.41, 5.74) is -1.21. The Bertz CT molecular complexity index is 1050. The van der Waals surface area contributed by atoms with Crippen molar-refractivity contribution in [1.82, 2.24) is 14.5 Å². The molecule has 0 radical (unpaired) electrons. The lowest BCUT2D eigenvalue weighted by Crippen LogP contribution is -2.41. The summed E-state index contributed by atoms with van der Waals surface area (Å²) >= 11 is 1.29. The third kappa shape index (κ3) is 5.42. The number of anilines is 1. The Kier molecular flexibility index (Phi) is 6.45. The molecule has 2 aromatic rings. The van der Waals surface area contributed by atoms with Crippen molar-refractivity contribution in [3.05, 3.63) is 34.8 Å². The number of benzene rings is 1. The second-order valence-electron chi connectivity index (χ2n) is 8.36. The van der Waals surface area contributed by atoms with Gasteiger partial charge in [-0.2, -0.15) is 17.5 Å². The lowest BCUT2D eigenvalue weighted by molar-refractivity contribution is -0.137. The molecular formula is C19H23F3N4O3S2. The van der Waals surface area contributed by atoms with Gasteiger partial charge >= 0.3 is 6.18 Å². The highest BCUT2D eigenvalue weighted by atomic mass is 32.2. The summed E-state index contributed by atoms with van der Waals surface area (Å²) in [5, 5.41) is 11.9. The Hall–Kier alpha value is -2.05. The van der Waals surface area contributed by atoms with Crippen LogP contribution in [-0.2, 0) is 26.4 Å². The summed E-state index contributed by atoms with van der Waals surface area (Å²) in [6.07, 6.45) is -4.11. The minimum atomic E-state index is -4.63. The number of hydrogen-bond acceptors (Lipinski definition) is 6. The van der Waals surface area contributed by atoms with E-state index in [1.54, 1.807) is 0 Å². The average Bonchev–Trinajstić information content (AvgIpc) is 3.16. The van der Waals surface area contributed by atoms with Crippen molar-refractivity contribution in [3.8, 4) is 0 Å². The molecule has 1 aliphatic heterocycles. The van der Waals surface area contributed by atoms with Gasteiger partial charge in [-0.25, -0.2) is 8.42 Å².